The highest BCUT2D eigenvalue weighted by Crippen LogP contribution is 2.34. The maximum atomic E-state index is 14.9. The van der Waals surface area contributed by atoms with Gasteiger partial charge in [-0.3, -0.25) is 19.3 Å². The fourth-order valence-corrected chi connectivity index (χ4v) is 5.70. The summed E-state index contributed by atoms with van der Waals surface area (Å²) in [5.74, 6) is -1.85. The molecule has 6 rings (SSSR count). The number of halogens is 1. The lowest BCUT2D eigenvalue weighted by Gasteiger charge is -2.37. The first-order valence-corrected chi connectivity index (χ1v) is 15.3. The number of hydrogen-bond acceptors (Lipinski definition) is 9. The number of esters is 1. The molecule has 2 heterocycles. The van der Waals surface area contributed by atoms with Crippen molar-refractivity contribution in [1.29, 1.82) is 0 Å². The van der Waals surface area contributed by atoms with E-state index in [1.807, 2.05) is 54.6 Å². The molecule has 1 fully saturated rings. The monoisotopic (exact) mass is 649 g/mol. The minimum atomic E-state index is -1.72. The molecule has 1 aliphatic rings. The van der Waals surface area contributed by atoms with Gasteiger partial charge < -0.3 is 19.1 Å². The van der Waals surface area contributed by atoms with Crippen molar-refractivity contribution >= 4 is 17.7 Å². The van der Waals surface area contributed by atoms with Crippen molar-refractivity contribution in [2.24, 2.45) is 5.41 Å². The van der Waals surface area contributed by atoms with Gasteiger partial charge in [-0.1, -0.05) is 65.8 Å². The standard InChI is InChI=1S/C37H32FN3O7/c1-46-29-14-11-26(12-15-29)32(42)23-47-36(45)37(35(43)44)17-19-41(20-18-37)22-24-7-9-27(10-8-24)33-39-34(48-40-33)28-13-16-30(31(38)21-28)25-5-3-2-4-6-25/h2-16,21H,17-20,22-23H2,1H3,(H,43,44). The Labute approximate surface area is 275 Å². The van der Waals surface area contributed by atoms with Crippen molar-refractivity contribution in [2.45, 2.75) is 19.4 Å². The van der Waals surface area contributed by atoms with Crippen molar-refractivity contribution in [3.8, 4) is 39.7 Å². The smallest absolute Gasteiger partial charge is 0.324 e. The van der Waals surface area contributed by atoms with E-state index in [1.165, 1.54) is 13.2 Å². The number of aliphatic carboxylic acids is 1. The fourth-order valence-electron chi connectivity index (χ4n) is 5.70. The number of ether oxygens (including phenoxy) is 2. The van der Waals surface area contributed by atoms with Crippen LogP contribution in [0.3, 0.4) is 0 Å². The molecular formula is C37H32FN3O7. The van der Waals surface area contributed by atoms with Gasteiger partial charge in [0.1, 0.15) is 11.6 Å². The summed E-state index contributed by atoms with van der Waals surface area (Å²) in [7, 11) is 1.51. The summed E-state index contributed by atoms with van der Waals surface area (Å²) in [5, 5.41) is 14.1. The minimum Gasteiger partial charge on any atom is -0.497 e. The molecule has 0 atom stereocenters. The van der Waals surface area contributed by atoms with Crippen LogP contribution < -0.4 is 4.74 Å². The van der Waals surface area contributed by atoms with E-state index in [0.717, 1.165) is 11.1 Å². The topological polar surface area (TPSA) is 132 Å². The maximum Gasteiger partial charge on any atom is 0.324 e. The molecule has 0 unspecified atom stereocenters. The fraction of sp³-hybridized carbons (Fsp3) is 0.216. The third-order valence-electron chi connectivity index (χ3n) is 8.60. The number of hydrogen-bond donors (Lipinski definition) is 1. The quantitative estimate of drug-likeness (QED) is 0.0986. The second-order valence-corrected chi connectivity index (χ2v) is 11.6. The second kappa shape index (κ2) is 14.0. The highest BCUT2D eigenvalue weighted by molar-refractivity contribution is 6.02. The number of carbonyl (C=O) groups is 3. The number of likely N-dealkylation sites (tertiary alicyclic amines) is 1. The van der Waals surface area contributed by atoms with Gasteiger partial charge in [-0.15, -0.1) is 0 Å². The van der Waals surface area contributed by atoms with Crippen molar-refractivity contribution in [3.05, 3.63) is 114 Å². The van der Waals surface area contributed by atoms with E-state index in [0.29, 0.717) is 53.5 Å². The Morgan fingerprint density at radius 2 is 1.58 bits per heavy atom. The van der Waals surface area contributed by atoms with Crippen molar-refractivity contribution in [1.82, 2.24) is 15.0 Å². The number of nitrogens with zero attached hydrogens (tertiary/aromatic N) is 3. The van der Waals surface area contributed by atoms with Crippen LogP contribution in [-0.2, 0) is 20.9 Å². The molecule has 4 aromatic carbocycles. The van der Waals surface area contributed by atoms with E-state index in [-0.39, 0.29) is 18.7 Å². The number of rotatable bonds is 11. The number of methoxy groups -OCH3 is 1. The van der Waals surface area contributed by atoms with Crippen LogP contribution in [0.4, 0.5) is 4.39 Å². The number of carbonyl (C=O) groups excluding carboxylic acids is 2. The number of benzene rings is 4. The molecule has 0 amide bonds. The zero-order valence-electron chi connectivity index (χ0n) is 26.1. The number of Topliss-reactive ketones (excluding diaryl/α,β-unsaturated/α-hetero) is 1. The zero-order chi connectivity index (χ0) is 33.7. The van der Waals surface area contributed by atoms with Gasteiger partial charge >= 0.3 is 11.9 Å². The molecule has 48 heavy (non-hydrogen) atoms. The average molecular weight is 650 g/mol. The first kappa shape index (κ1) is 32.3. The number of piperidine rings is 1. The molecule has 0 saturated carbocycles. The van der Waals surface area contributed by atoms with Gasteiger partial charge in [0.05, 0.1) is 7.11 Å². The summed E-state index contributed by atoms with van der Waals surface area (Å²) in [6.07, 6.45) is 0.100. The van der Waals surface area contributed by atoms with E-state index in [4.69, 9.17) is 14.0 Å². The van der Waals surface area contributed by atoms with Crippen molar-refractivity contribution in [3.63, 3.8) is 0 Å². The van der Waals surface area contributed by atoms with Crippen molar-refractivity contribution in [2.75, 3.05) is 26.8 Å². The first-order valence-electron chi connectivity index (χ1n) is 15.3. The van der Waals surface area contributed by atoms with Crippen LogP contribution in [-0.4, -0.2) is 64.7 Å². The molecule has 244 valence electrons. The maximum absolute atomic E-state index is 14.9. The summed E-state index contributed by atoms with van der Waals surface area (Å²) < 4.78 is 30.6. The highest BCUT2D eigenvalue weighted by atomic mass is 19.1. The Morgan fingerprint density at radius 1 is 0.896 bits per heavy atom. The van der Waals surface area contributed by atoms with E-state index < -0.39 is 35.6 Å². The summed E-state index contributed by atoms with van der Waals surface area (Å²) in [4.78, 5) is 44.3. The van der Waals surface area contributed by atoms with Crippen molar-refractivity contribution < 1.29 is 37.9 Å². The lowest BCUT2D eigenvalue weighted by Crippen LogP contribution is -2.49. The Hall–Kier alpha value is -5.68. The predicted molar refractivity (Wildman–Crippen MR) is 173 cm³/mol. The summed E-state index contributed by atoms with van der Waals surface area (Å²) in [6.45, 7) is 0.688. The van der Waals surface area contributed by atoms with Crippen LogP contribution in [0.1, 0.15) is 28.8 Å². The summed E-state index contributed by atoms with van der Waals surface area (Å²) in [6, 6.07) is 28.0. The third-order valence-corrected chi connectivity index (χ3v) is 8.60. The van der Waals surface area contributed by atoms with Gasteiger partial charge in [-0.25, -0.2) is 4.39 Å². The molecule has 10 nitrogen and oxygen atoms in total. The number of aromatic nitrogens is 2. The van der Waals surface area contributed by atoms with Gasteiger partial charge in [-0.2, -0.15) is 4.98 Å². The zero-order valence-corrected chi connectivity index (χ0v) is 26.1. The highest BCUT2D eigenvalue weighted by Gasteiger charge is 2.49. The number of ketones is 1. The Morgan fingerprint density at radius 3 is 2.23 bits per heavy atom. The first-order chi connectivity index (χ1) is 23.3. The lowest BCUT2D eigenvalue weighted by molar-refractivity contribution is -0.172. The Kier molecular flexibility index (Phi) is 9.40. The Balaban J connectivity index is 1.04. The molecule has 0 spiro atoms. The molecule has 1 saturated heterocycles. The van der Waals surface area contributed by atoms with Gasteiger partial charge in [0, 0.05) is 41.9 Å². The van der Waals surface area contributed by atoms with Crippen LogP contribution in [0.2, 0.25) is 0 Å². The van der Waals surface area contributed by atoms with Gasteiger partial charge in [0.25, 0.3) is 5.89 Å². The van der Waals surface area contributed by atoms with Crippen LogP contribution in [0.15, 0.2) is 102 Å². The molecule has 1 aromatic heterocycles. The minimum absolute atomic E-state index is 0.0501. The van der Waals surface area contributed by atoms with Gasteiger partial charge in [0.2, 0.25) is 5.82 Å². The number of carboxylic acid groups (broad SMARTS) is 1. The SMILES string of the molecule is COc1ccc(C(=O)COC(=O)C2(C(=O)O)CCN(Cc3ccc(-c4noc(-c5ccc(-c6ccccc6)c(F)c5)n4)cc3)CC2)cc1. The second-order valence-electron chi connectivity index (χ2n) is 11.6. The molecule has 0 radical (unpaired) electrons. The van der Waals surface area contributed by atoms with E-state index >= 15 is 0 Å². The van der Waals surface area contributed by atoms with E-state index in [9.17, 15) is 23.9 Å². The molecular weight excluding hydrogens is 617 g/mol. The summed E-state index contributed by atoms with van der Waals surface area (Å²) >= 11 is 0. The van der Waals surface area contributed by atoms with Gasteiger partial charge in [0.15, 0.2) is 17.8 Å². The molecule has 0 aliphatic carbocycles. The molecule has 11 heteroatoms. The van der Waals surface area contributed by atoms with Gasteiger partial charge in [-0.05, 0) is 60.4 Å². The van der Waals surface area contributed by atoms with Crippen LogP contribution in [0.5, 0.6) is 5.75 Å². The molecule has 1 aliphatic heterocycles. The molecule has 0 bridgehead atoms. The van der Waals surface area contributed by atoms with Crippen LogP contribution in [0, 0.1) is 11.2 Å². The lowest BCUT2D eigenvalue weighted by atomic mass is 9.78. The van der Waals surface area contributed by atoms with E-state index in [2.05, 4.69) is 15.0 Å². The predicted octanol–water partition coefficient (Wildman–Crippen LogP) is 6.31. The summed E-state index contributed by atoms with van der Waals surface area (Å²) in [5.41, 5.74) is 2.02. The molecule has 1 N–H and O–H groups in total. The Bertz CT molecular complexity index is 1920. The van der Waals surface area contributed by atoms with E-state index in [1.54, 1.807) is 36.4 Å². The average Bonchev–Trinajstić information content (AvgIpc) is 3.62. The largest absolute Gasteiger partial charge is 0.497 e. The normalized spacial score (nSPS) is 14.3. The van der Waals surface area contributed by atoms with Crippen LogP contribution in [0.25, 0.3) is 34.0 Å². The third kappa shape index (κ3) is 6.86. The van der Waals surface area contributed by atoms with Crippen LogP contribution >= 0.6 is 0 Å². The number of carboxylic acids is 1. The molecule has 5 aromatic rings.